The number of hydrogen-bond acceptors (Lipinski definition) is 2. The minimum Gasteiger partial charge on any atom is -0.396 e. The van der Waals surface area contributed by atoms with Gasteiger partial charge in [0.15, 0.2) is 0 Å². The van der Waals surface area contributed by atoms with Crippen molar-refractivity contribution in [1.29, 1.82) is 0 Å². The van der Waals surface area contributed by atoms with Gasteiger partial charge in [-0.15, -0.1) is 0 Å². The van der Waals surface area contributed by atoms with Gasteiger partial charge in [0.05, 0.1) is 6.10 Å². The van der Waals surface area contributed by atoms with E-state index in [-0.39, 0.29) is 6.10 Å². The Hall–Kier alpha value is -0.340. The Morgan fingerprint density at radius 1 is 1.26 bits per heavy atom. The number of rotatable bonds is 1. The van der Waals surface area contributed by atoms with Gasteiger partial charge in [0, 0.05) is 6.61 Å². The fraction of sp³-hybridized carbons (Fsp3) is 0.905. The highest BCUT2D eigenvalue weighted by Gasteiger charge is 2.77. The summed E-state index contributed by atoms with van der Waals surface area (Å²) in [6.45, 7) is 5.42. The fourth-order valence-corrected chi connectivity index (χ4v) is 8.43. The van der Waals surface area contributed by atoms with Gasteiger partial charge in [-0.25, -0.2) is 0 Å². The van der Waals surface area contributed by atoms with Crippen molar-refractivity contribution in [2.24, 2.45) is 46.3 Å². The first-order valence-electron chi connectivity index (χ1n) is 10.0. The zero-order chi connectivity index (χ0) is 16.0. The van der Waals surface area contributed by atoms with Gasteiger partial charge in [0.1, 0.15) is 0 Å². The third-order valence-corrected chi connectivity index (χ3v) is 9.30. The maximum absolute atomic E-state index is 10.0. The minimum absolute atomic E-state index is 0.184. The Balaban J connectivity index is 1.54. The first kappa shape index (κ1) is 15.0. The van der Waals surface area contributed by atoms with Crippen LogP contribution in [0.4, 0.5) is 0 Å². The molecule has 4 fully saturated rings. The molecule has 5 aliphatic carbocycles. The van der Waals surface area contributed by atoms with Crippen LogP contribution in [0.3, 0.4) is 0 Å². The van der Waals surface area contributed by atoms with Gasteiger partial charge in [-0.3, -0.25) is 0 Å². The van der Waals surface area contributed by atoms with E-state index in [0.717, 1.165) is 36.0 Å². The van der Waals surface area contributed by atoms with Crippen LogP contribution in [-0.4, -0.2) is 22.9 Å². The Bertz CT molecular complexity index is 554. The summed E-state index contributed by atoms with van der Waals surface area (Å²) in [6, 6.07) is 0. The third-order valence-electron chi connectivity index (χ3n) is 9.30. The predicted octanol–water partition coefficient (Wildman–Crippen LogP) is 3.77. The molecule has 0 aliphatic heterocycles. The summed E-state index contributed by atoms with van der Waals surface area (Å²) in [7, 11) is 0. The van der Waals surface area contributed by atoms with Gasteiger partial charge in [-0.1, -0.05) is 25.5 Å². The maximum atomic E-state index is 10.0. The normalized spacial score (nSPS) is 60.2. The number of allylic oxidation sites excluding steroid dienone is 1. The number of aliphatic hydroxyl groups excluding tert-OH is 2. The molecule has 1 spiro atoms. The summed E-state index contributed by atoms with van der Waals surface area (Å²) in [5, 5.41) is 20.0. The Kier molecular flexibility index (Phi) is 3.01. The molecule has 0 amide bonds. The maximum Gasteiger partial charge on any atom is 0.0723 e. The molecule has 5 rings (SSSR count). The monoisotopic (exact) mass is 316 g/mol. The van der Waals surface area contributed by atoms with Crippen molar-refractivity contribution in [2.75, 3.05) is 6.61 Å². The van der Waals surface area contributed by atoms with Crippen molar-refractivity contribution in [3.63, 3.8) is 0 Å². The molecule has 9 atom stereocenters. The van der Waals surface area contributed by atoms with Crippen LogP contribution in [-0.2, 0) is 0 Å². The van der Waals surface area contributed by atoms with Crippen LogP contribution >= 0.6 is 0 Å². The summed E-state index contributed by atoms with van der Waals surface area (Å²) in [6.07, 6.45) is 10.8. The lowest BCUT2D eigenvalue weighted by Crippen LogP contribution is -2.52. The quantitative estimate of drug-likeness (QED) is 0.723. The van der Waals surface area contributed by atoms with Crippen LogP contribution in [0.2, 0.25) is 0 Å². The summed E-state index contributed by atoms with van der Waals surface area (Å²) in [5.41, 5.74) is 2.55. The van der Waals surface area contributed by atoms with Crippen LogP contribution in [0, 0.1) is 46.3 Å². The molecule has 0 heterocycles. The first-order valence-corrected chi connectivity index (χ1v) is 10.0. The van der Waals surface area contributed by atoms with Gasteiger partial charge >= 0.3 is 0 Å². The van der Waals surface area contributed by atoms with E-state index in [1.54, 1.807) is 5.57 Å². The van der Waals surface area contributed by atoms with E-state index < -0.39 is 0 Å². The second-order valence-electron chi connectivity index (χ2n) is 9.88. The van der Waals surface area contributed by atoms with E-state index in [1.807, 2.05) is 0 Å². The van der Waals surface area contributed by atoms with Gasteiger partial charge in [-0.05, 0) is 91.3 Å². The number of aliphatic hydroxyl groups is 2. The second-order valence-corrected chi connectivity index (χ2v) is 9.88. The molecule has 2 nitrogen and oxygen atoms in total. The van der Waals surface area contributed by atoms with Crippen molar-refractivity contribution in [1.82, 2.24) is 0 Å². The molecule has 2 heteroatoms. The number of fused-ring (bicyclic) bond motifs is 3. The van der Waals surface area contributed by atoms with Crippen LogP contribution < -0.4 is 0 Å². The largest absolute Gasteiger partial charge is 0.396 e. The smallest absolute Gasteiger partial charge is 0.0723 e. The lowest BCUT2D eigenvalue weighted by Gasteiger charge is -2.58. The van der Waals surface area contributed by atoms with Crippen LogP contribution in [0.15, 0.2) is 11.6 Å². The molecule has 5 aliphatic rings. The molecule has 128 valence electrons. The molecule has 0 saturated heterocycles. The molecule has 4 unspecified atom stereocenters. The molecule has 4 saturated carbocycles. The van der Waals surface area contributed by atoms with Crippen molar-refractivity contribution < 1.29 is 10.2 Å². The van der Waals surface area contributed by atoms with Gasteiger partial charge in [0.2, 0.25) is 0 Å². The van der Waals surface area contributed by atoms with E-state index >= 15 is 0 Å². The Morgan fingerprint density at radius 2 is 2.09 bits per heavy atom. The van der Waals surface area contributed by atoms with E-state index in [1.165, 1.54) is 38.5 Å². The van der Waals surface area contributed by atoms with E-state index in [0.29, 0.717) is 23.4 Å². The highest BCUT2D eigenvalue weighted by atomic mass is 16.3. The molecule has 0 aromatic carbocycles. The van der Waals surface area contributed by atoms with Crippen molar-refractivity contribution in [3.8, 4) is 0 Å². The third kappa shape index (κ3) is 1.68. The van der Waals surface area contributed by atoms with E-state index in [2.05, 4.69) is 19.9 Å². The van der Waals surface area contributed by atoms with Crippen LogP contribution in [0.25, 0.3) is 0 Å². The van der Waals surface area contributed by atoms with E-state index in [4.69, 9.17) is 0 Å². The highest BCUT2D eigenvalue weighted by molar-refractivity contribution is 5.29. The highest BCUT2D eigenvalue weighted by Crippen LogP contribution is 2.83. The SMILES string of the molecule is CC1CC2=CC(O)CC[C@@H]2[C@H]2CC[C@]3(C)C(CO)CC4C[C@@]43[C@H]12. The topological polar surface area (TPSA) is 40.5 Å². The number of hydrogen-bond donors (Lipinski definition) is 2. The molecule has 0 aromatic rings. The van der Waals surface area contributed by atoms with Crippen molar-refractivity contribution in [2.45, 2.75) is 64.9 Å². The van der Waals surface area contributed by atoms with Crippen molar-refractivity contribution >= 4 is 0 Å². The van der Waals surface area contributed by atoms with E-state index in [9.17, 15) is 10.2 Å². The zero-order valence-electron chi connectivity index (χ0n) is 14.7. The lowest BCUT2D eigenvalue weighted by atomic mass is 9.46. The van der Waals surface area contributed by atoms with Gasteiger partial charge in [-0.2, -0.15) is 0 Å². The molecular weight excluding hydrogens is 284 g/mol. The molecule has 0 bridgehead atoms. The fourth-order valence-electron chi connectivity index (χ4n) is 8.43. The first-order chi connectivity index (χ1) is 11.0. The summed E-state index contributed by atoms with van der Waals surface area (Å²) in [4.78, 5) is 0. The lowest BCUT2D eigenvalue weighted by molar-refractivity contribution is -0.0858. The average Bonchev–Trinajstić information content (AvgIpc) is 3.17. The second kappa shape index (κ2) is 4.64. The van der Waals surface area contributed by atoms with Crippen molar-refractivity contribution in [3.05, 3.63) is 11.6 Å². The van der Waals surface area contributed by atoms with Crippen LogP contribution in [0.5, 0.6) is 0 Å². The Morgan fingerprint density at radius 3 is 2.87 bits per heavy atom. The van der Waals surface area contributed by atoms with Crippen LogP contribution in [0.1, 0.15) is 58.8 Å². The average molecular weight is 316 g/mol. The summed E-state index contributed by atoms with van der Waals surface area (Å²) in [5.74, 6) is 4.70. The minimum atomic E-state index is -0.184. The molecule has 2 N–H and O–H groups in total. The summed E-state index contributed by atoms with van der Waals surface area (Å²) >= 11 is 0. The molecule has 0 radical (unpaired) electrons. The molecule has 23 heavy (non-hydrogen) atoms. The van der Waals surface area contributed by atoms with Gasteiger partial charge < -0.3 is 10.2 Å². The standard InChI is InChI=1S/C21H32O2/c1-12-7-13-8-16(23)3-4-17(13)18-5-6-20(2)15(11-22)9-14-10-21(14,20)19(12)18/h8,12,14-19,22-23H,3-7,9-11H2,1-2H3/t12?,14?,15?,16?,17-,18+,19+,20+,21-/m0/s1. The van der Waals surface area contributed by atoms with Gasteiger partial charge in [0.25, 0.3) is 0 Å². The predicted molar refractivity (Wildman–Crippen MR) is 90.6 cm³/mol. The summed E-state index contributed by atoms with van der Waals surface area (Å²) < 4.78 is 0. The Labute approximate surface area is 140 Å². The molecule has 0 aromatic heterocycles. The zero-order valence-corrected chi connectivity index (χ0v) is 14.7. The molecular formula is C21H32O2.